The zero-order valence-corrected chi connectivity index (χ0v) is 19.2. The van der Waals surface area contributed by atoms with Gasteiger partial charge >= 0.3 is 0 Å². The topological polar surface area (TPSA) is 88.1 Å². The van der Waals surface area contributed by atoms with Crippen LogP contribution in [0, 0.1) is 5.82 Å². The summed E-state index contributed by atoms with van der Waals surface area (Å²) in [6, 6.07) is 19.2. The van der Waals surface area contributed by atoms with Gasteiger partial charge in [0.05, 0.1) is 18.2 Å². The van der Waals surface area contributed by atoms with E-state index in [0.717, 1.165) is 28.3 Å². The fourth-order valence-corrected chi connectivity index (χ4v) is 3.73. The Bertz CT molecular complexity index is 1220. The van der Waals surface area contributed by atoms with Crippen molar-refractivity contribution >= 4 is 39.4 Å². The molecule has 33 heavy (non-hydrogen) atoms. The number of hydrogen-bond donors (Lipinski definition) is 1. The van der Waals surface area contributed by atoms with Gasteiger partial charge in [-0.25, -0.2) is 18.2 Å². The Labute approximate surface area is 196 Å². The number of anilines is 1. The van der Waals surface area contributed by atoms with Crippen LogP contribution in [-0.2, 0) is 21.4 Å². The van der Waals surface area contributed by atoms with Crippen LogP contribution in [0.1, 0.15) is 11.1 Å². The minimum atomic E-state index is -3.76. The predicted octanol–water partition coefficient (Wildman–Crippen LogP) is 3.97. The lowest BCUT2D eigenvalue weighted by atomic mass is 10.2. The fraction of sp³-hybridized carbons (Fsp3) is 0.130. The van der Waals surface area contributed by atoms with E-state index in [1.165, 1.54) is 18.3 Å². The minimum Gasteiger partial charge on any atom is -0.489 e. The van der Waals surface area contributed by atoms with E-state index in [0.29, 0.717) is 22.9 Å². The Morgan fingerprint density at radius 2 is 1.70 bits per heavy atom. The van der Waals surface area contributed by atoms with Crippen LogP contribution in [0.5, 0.6) is 5.75 Å². The van der Waals surface area contributed by atoms with Crippen LogP contribution < -0.4 is 14.5 Å². The van der Waals surface area contributed by atoms with Crippen LogP contribution in [0.4, 0.5) is 10.1 Å². The highest BCUT2D eigenvalue weighted by molar-refractivity contribution is 7.92. The molecule has 0 aromatic heterocycles. The van der Waals surface area contributed by atoms with Gasteiger partial charge in [-0.3, -0.25) is 9.10 Å². The Hall–Kier alpha value is -3.43. The molecule has 10 heteroatoms. The van der Waals surface area contributed by atoms with E-state index >= 15 is 0 Å². The van der Waals surface area contributed by atoms with Crippen molar-refractivity contribution in [1.29, 1.82) is 0 Å². The maximum Gasteiger partial charge on any atom is 0.260 e. The molecule has 0 heterocycles. The van der Waals surface area contributed by atoms with Crippen LogP contribution >= 0.6 is 11.6 Å². The molecule has 0 unspecified atom stereocenters. The molecule has 0 saturated heterocycles. The summed E-state index contributed by atoms with van der Waals surface area (Å²) in [5.74, 6) is -0.499. The van der Waals surface area contributed by atoms with Crippen LogP contribution in [0.2, 0.25) is 5.02 Å². The minimum absolute atomic E-state index is 0.173. The third kappa shape index (κ3) is 7.58. The first-order chi connectivity index (χ1) is 15.7. The second-order valence-corrected chi connectivity index (χ2v) is 9.37. The largest absolute Gasteiger partial charge is 0.489 e. The molecular formula is C23H21ClFN3O4S. The van der Waals surface area contributed by atoms with Gasteiger partial charge in [0.2, 0.25) is 10.0 Å². The third-order valence-corrected chi connectivity index (χ3v) is 5.80. The van der Waals surface area contributed by atoms with E-state index in [-0.39, 0.29) is 5.69 Å². The molecule has 3 rings (SSSR count). The smallest absolute Gasteiger partial charge is 0.260 e. The number of carbonyl (C=O) groups is 1. The van der Waals surface area contributed by atoms with Crippen molar-refractivity contribution in [3.63, 3.8) is 0 Å². The number of nitrogens with zero attached hydrogens (tertiary/aromatic N) is 2. The second kappa shape index (κ2) is 10.9. The summed E-state index contributed by atoms with van der Waals surface area (Å²) in [5, 5.41) is 4.52. The Balaban J connectivity index is 1.53. The standard InChI is InChI=1S/C23H21ClFN3O4S/c1-33(30,31)28(21-10-8-20(25)9-11-21)15-23(29)27-26-14-17-4-12-22(13-5-17)32-16-18-2-6-19(24)7-3-18/h2-14H,15-16H2,1H3,(H,27,29)/b26-14-. The number of nitrogens with one attached hydrogen (secondary N) is 1. The lowest BCUT2D eigenvalue weighted by Crippen LogP contribution is -2.39. The zero-order valence-electron chi connectivity index (χ0n) is 17.6. The highest BCUT2D eigenvalue weighted by Gasteiger charge is 2.20. The number of hydrazone groups is 1. The van der Waals surface area contributed by atoms with Gasteiger partial charge in [0.15, 0.2) is 0 Å². The van der Waals surface area contributed by atoms with Crippen LogP contribution in [-0.4, -0.2) is 33.3 Å². The van der Waals surface area contributed by atoms with Gasteiger partial charge < -0.3 is 4.74 Å². The van der Waals surface area contributed by atoms with Crippen molar-refractivity contribution in [2.75, 3.05) is 17.1 Å². The normalized spacial score (nSPS) is 11.4. The number of hydrogen-bond acceptors (Lipinski definition) is 5. The molecule has 0 aliphatic carbocycles. The molecule has 0 fully saturated rings. The van der Waals surface area contributed by atoms with Gasteiger partial charge in [0.1, 0.15) is 24.7 Å². The molecule has 0 atom stereocenters. The summed E-state index contributed by atoms with van der Waals surface area (Å²) >= 11 is 5.86. The van der Waals surface area contributed by atoms with E-state index in [1.54, 1.807) is 36.4 Å². The lowest BCUT2D eigenvalue weighted by molar-refractivity contribution is -0.119. The lowest BCUT2D eigenvalue weighted by Gasteiger charge is -2.21. The highest BCUT2D eigenvalue weighted by atomic mass is 35.5. The maximum atomic E-state index is 13.1. The van der Waals surface area contributed by atoms with Gasteiger partial charge in [0, 0.05) is 5.02 Å². The summed E-state index contributed by atoms with van der Waals surface area (Å²) < 4.78 is 43.8. The maximum absolute atomic E-state index is 13.1. The van der Waals surface area contributed by atoms with Crippen molar-refractivity contribution in [2.24, 2.45) is 5.10 Å². The van der Waals surface area contributed by atoms with Crippen molar-refractivity contribution in [1.82, 2.24) is 5.43 Å². The van der Waals surface area contributed by atoms with Crippen LogP contribution in [0.3, 0.4) is 0 Å². The predicted molar refractivity (Wildman–Crippen MR) is 127 cm³/mol. The third-order valence-electron chi connectivity index (χ3n) is 4.40. The molecule has 0 spiro atoms. The second-order valence-electron chi connectivity index (χ2n) is 7.02. The van der Waals surface area contributed by atoms with E-state index in [1.807, 2.05) is 12.1 Å². The number of amides is 1. The van der Waals surface area contributed by atoms with Crippen molar-refractivity contribution in [3.8, 4) is 5.75 Å². The van der Waals surface area contributed by atoms with Crippen LogP contribution in [0.15, 0.2) is 77.9 Å². The van der Waals surface area contributed by atoms with Crippen molar-refractivity contribution in [3.05, 3.63) is 94.8 Å². The Kier molecular flexibility index (Phi) is 8.02. The Morgan fingerprint density at radius 3 is 2.30 bits per heavy atom. The molecule has 0 aliphatic heterocycles. The number of sulfonamides is 1. The summed E-state index contributed by atoms with van der Waals surface area (Å²) in [4.78, 5) is 12.2. The first-order valence-corrected chi connectivity index (χ1v) is 12.0. The summed E-state index contributed by atoms with van der Waals surface area (Å²) in [6.07, 6.45) is 2.38. The van der Waals surface area contributed by atoms with Gasteiger partial charge in [-0.15, -0.1) is 0 Å². The van der Waals surface area contributed by atoms with E-state index < -0.39 is 28.3 Å². The molecule has 7 nitrogen and oxygen atoms in total. The fourth-order valence-electron chi connectivity index (χ4n) is 2.75. The van der Waals surface area contributed by atoms with Gasteiger partial charge in [0.25, 0.3) is 5.91 Å². The molecule has 0 radical (unpaired) electrons. The van der Waals surface area contributed by atoms with Crippen molar-refractivity contribution in [2.45, 2.75) is 6.61 Å². The number of benzene rings is 3. The summed E-state index contributed by atoms with van der Waals surface area (Å²) in [5.41, 5.74) is 4.15. The van der Waals surface area contributed by atoms with Gasteiger partial charge in [-0.2, -0.15) is 5.10 Å². The SMILES string of the molecule is CS(=O)(=O)N(CC(=O)N/N=C\c1ccc(OCc2ccc(Cl)cc2)cc1)c1ccc(F)cc1. The average molecular weight is 490 g/mol. The highest BCUT2D eigenvalue weighted by Crippen LogP contribution is 2.18. The molecule has 0 aliphatic rings. The van der Waals surface area contributed by atoms with E-state index in [4.69, 9.17) is 16.3 Å². The van der Waals surface area contributed by atoms with Gasteiger partial charge in [-0.1, -0.05) is 23.7 Å². The van der Waals surface area contributed by atoms with E-state index in [9.17, 15) is 17.6 Å². The molecule has 0 saturated carbocycles. The Morgan fingerprint density at radius 1 is 1.06 bits per heavy atom. The summed E-state index contributed by atoms with van der Waals surface area (Å²) in [7, 11) is -3.76. The monoisotopic (exact) mass is 489 g/mol. The molecule has 3 aromatic carbocycles. The quantitative estimate of drug-likeness (QED) is 0.364. The molecule has 1 amide bonds. The zero-order chi connectivity index (χ0) is 23.8. The molecular weight excluding hydrogens is 469 g/mol. The molecule has 1 N–H and O–H groups in total. The number of halogens is 2. The molecule has 0 bridgehead atoms. The number of carbonyl (C=O) groups excluding carboxylic acids is 1. The summed E-state index contributed by atoms with van der Waals surface area (Å²) in [6.45, 7) is -0.106. The first kappa shape index (κ1) is 24.2. The number of rotatable bonds is 9. The van der Waals surface area contributed by atoms with Crippen molar-refractivity contribution < 1.29 is 22.3 Å². The van der Waals surface area contributed by atoms with Gasteiger partial charge in [-0.05, 0) is 71.8 Å². The first-order valence-electron chi connectivity index (χ1n) is 9.73. The molecule has 172 valence electrons. The van der Waals surface area contributed by atoms with Crippen LogP contribution in [0.25, 0.3) is 0 Å². The van der Waals surface area contributed by atoms with E-state index in [2.05, 4.69) is 10.5 Å². The number of ether oxygens (including phenoxy) is 1. The average Bonchev–Trinajstić information content (AvgIpc) is 2.78. The molecule has 3 aromatic rings.